The number of hydrogen-bond acceptors (Lipinski definition) is 4. The summed E-state index contributed by atoms with van der Waals surface area (Å²) in [5.74, 6) is 0.0491. The van der Waals surface area contributed by atoms with Gasteiger partial charge in [0.15, 0.2) is 5.76 Å². The first kappa shape index (κ1) is 18.5. The second-order valence-electron chi connectivity index (χ2n) is 7.26. The fourth-order valence-corrected chi connectivity index (χ4v) is 4.15. The Balaban J connectivity index is 1.73. The largest absolute Gasteiger partial charge is 0.506 e. The molecule has 3 heterocycles. The minimum absolute atomic E-state index is 0.0480. The summed E-state index contributed by atoms with van der Waals surface area (Å²) < 4.78 is 7.37. The third kappa shape index (κ3) is 2.80. The smallest absolute Gasteiger partial charge is 0.263 e. The minimum Gasteiger partial charge on any atom is -0.506 e. The second kappa shape index (κ2) is 6.78. The molecule has 0 radical (unpaired) electrons. The second-order valence-corrected chi connectivity index (χ2v) is 7.67. The van der Waals surface area contributed by atoms with E-state index in [4.69, 9.17) is 16.1 Å². The summed E-state index contributed by atoms with van der Waals surface area (Å²) in [7, 11) is 0. The van der Waals surface area contributed by atoms with Gasteiger partial charge in [0.2, 0.25) is 0 Å². The van der Waals surface area contributed by atoms with Crippen LogP contribution in [0.3, 0.4) is 0 Å². The van der Waals surface area contributed by atoms with Crippen LogP contribution < -0.4 is 5.56 Å². The normalized spacial score (nSPS) is 11.6. The summed E-state index contributed by atoms with van der Waals surface area (Å²) in [6.07, 6.45) is 2.05. The summed E-state index contributed by atoms with van der Waals surface area (Å²) in [6, 6.07) is 13.3. The van der Waals surface area contributed by atoms with Crippen molar-refractivity contribution >= 4 is 33.4 Å². The number of aryl methyl sites for hydroxylation is 2. The van der Waals surface area contributed by atoms with Crippen LogP contribution in [0.5, 0.6) is 5.75 Å². The molecular weight excluding hydrogens is 402 g/mol. The lowest BCUT2D eigenvalue weighted by atomic mass is 10.00. The van der Waals surface area contributed by atoms with Gasteiger partial charge in [0.05, 0.1) is 16.2 Å². The van der Waals surface area contributed by atoms with Gasteiger partial charge in [-0.15, -0.1) is 0 Å². The van der Waals surface area contributed by atoms with Crippen LogP contribution in [0.4, 0.5) is 0 Å². The third-order valence-electron chi connectivity index (χ3n) is 5.37. The molecule has 0 bridgehead atoms. The van der Waals surface area contributed by atoms with E-state index in [1.807, 2.05) is 6.07 Å². The van der Waals surface area contributed by atoms with Crippen molar-refractivity contribution in [1.29, 1.82) is 0 Å². The molecule has 6 nitrogen and oxygen atoms in total. The maximum atomic E-state index is 12.6. The molecule has 7 heteroatoms. The number of H-pyrrole nitrogens is 1. The van der Waals surface area contributed by atoms with E-state index < -0.39 is 5.56 Å². The van der Waals surface area contributed by atoms with Gasteiger partial charge in [-0.25, -0.2) is 0 Å². The number of aromatic hydroxyl groups is 1. The molecule has 2 N–H and O–H groups in total. The quantitative estimate of drug-likeness (QED) is 0.405. The summed E-state index contributed by atoms with van der Waals surface area (Å²) in [4.78, 5) is 15.3. The van der Waals surface area contributed by atoms with Crippen LogP contribution in [-0.4, -0.2) is 19.8 Å². The van der Waals surface area contributed by atoms with E-state index in [0.717, 1.165) is 28.6 Å². The summed E-state index contributed by atoms with van der Waals surface area (Å²) in [5.41, 5.74) is 3.48. The molecule has 0 saturated heterocycles. The Morgan fingerprint density at radius 2 is 2.03 bits per heavy atom. The number of hydrogen-bond donors (Lipinski definition) is 2. The van der Waals surface area contributed by atoms with E-state index in [1.165, 1.54) is 0 Å². The number of benzene rings is 2. The number of pyridine rings is 1. The number of aromatic nitrogens is 3. The maximum absolute atomic E-state index is 12.6. The monoisotopic (exact) mass is 419 g/mol. The molecule has 2 aromatic carbocycles. The number of aromatic amines is 1. The molecule has 0 amide bonds. The van der Waals surface area contributed by atoms with E-state index >= 15 is 0 Å². The van der Waals surface area contributed by atoms with Gasteiger partial charge >= 0.3 is 0 Å². The van der Waals surface area contributed by atoms with Crippen molar-refractivity contribution in [3.05, 3.63) is 69.7 Å². The van der Waals surface area contributed by atoms with Crippen LogP contribution in [0.15, 0.2) is 58.0 Å². The van der Waals surface area contributed by atoms with Crippen molar-refractivity contribution in [2.24, 2.45) is 0 Å². The molecule has 5 aromatic rings. The standard InChI is InChI=1S/C23H18ClN3O3/c1-3-27-7-6-14-9-13(4-5-19(14)27)15-10-16-18(11-17(15)24)25-23(29)21(22(16)28)20-8-12(2)26-30-20/h4-11H,3H2,1-2H3,(H2,25,28,29). The third-order valence-corrected chi connectivity index (χ3v) is 5.68. The van der Waals surface area contributed by atoms with Crippen LogP contribution in [0, 0.1) is 6.92 Å². The zero-order valence-electron chi connectivity index (χ0n) is 16.4. The minimum atomic E-state index is -0.470. The van der Waals surface area contributed by atoms with Crippen molar-refractivity contribution < 1.29 is 9.63 Å². The molecule has 5 rings (SSSR count). The summed E-state index contributed by atoms with van der Waals surface area (Å²) in [5, 5.41) is 16.8. The van der Waals surface area contributed by atoms with Crippen LogP contribution in [-0.2, 0) is 6.54 Å². The predicted molar refractivity (Wildman–Crippen MR) is 118 cm³/mol. The average Bonchev–Trinajstić information content (AvgIpc) is 3.33. The number of halogens is 1. The fraction of sp³-hybridized carbons (Fsp3) is 0.130. The summed E-state index contributed by atoms with van der Waals surface area (Å²) >= 11 is 6.55. The van der Waals surface area contributed by atoms with E-state index in [1.54, 1.807) is 25.1 Å². The van der Waals surface area contributed by atoms with Crippen LogP contribution in [0.2, 0.25) is 5.02 Å². The molecule has 0 saturated carbocycles. The Kier molecular flexibility index (Phi) is 4.18. The first-order chi connectivity index (χ1) is 14.5. The van der Waals surface area contributed by atoms with Gasteiger partial charge in [-0.05, 0) is 49.7 Å². The summed E-state index contributed by atoms with van der Waals surface area (Å²) in [6.45, 7) is 4.74. The lowest BCUT2D eigenvalue weighted by Gasteiger charge is -2.11. The molecule has 150 valence electrons. The van der Waals surface area contributed by atoms with E-state index in [9.17, 15) is 9.90 Å². The Morgan fingerprint density at radius 1 is 1.20 bits per heavy atom. The lowest BCUT2D eigenvalue weighted by molar-refractivity contribution is 0.421. The van der Waals surface area contributed by atoms with Gasteiger partial charge in [0, 0.05) is 40.7 Å². The van der Waals surface area contributed by atoms with Crippen molar-refractivity contribution in [1.82, 2.24) is 14.7 Å². The highest BCUT2D eigenvalue weighted by Crippen LogP contribution is 2.38. The van der Waals surface area contributed by atoms with Crippen molar-refractivity contribution in [3.8, 4) is 28.2 Å². The molecule has 0 atom stereocenters. The maximum Gasteiger partial charge on any atom is 0.263 e. The van der Waals surface area contributed by atoms with Crippen molar-refractivity contribution in [2.75, 3.05) is 0 Å². The van der Waals surface area contributed by atoms with E-state index in [2.05, 4.69) is 46.0 Å². The lowest BCUT2D eigenvalue weighted by Crippen LogP contribution is -2.09. The molecule has 3 aromatic heterocycles. The molecule has 0 unspecified atom stereocenters. The van der Waals surface area contributed by atoms with Crippen LogP contribution >= 0.6 is 11.6 Å². The molecular formula is C23H18ClN3O3. The Bertz CT molecular complexity index is 1490. The van der Waals surface area contributed by atoms with Gasteiger partial charge in [-0.2, -0.15) is 0 Å². The van der Waals surface area contributed by atoms with Gasteiger partial charge < -0.3 is 19.2 Å². The first-order valence-electron chi connectivity index (χ1n) is 9.57. The van der Waals surface area contributed by atoms with Crippen LogP contribution in [0.25, 0.3) is 44.3 Å². The molecule has 0 fully saturated rings. The highest BCUT2D eigenvalue weighted by molar-refractivity contribution is 6.34. The molecule has 0 spiro atoms. The average molecular weight is 420 g/mol. The van der Waals surface area contributed by atoms with Crippen LogP contribution in [0.1, 0.15) is 12.6 Å². The zero-order valence-corrected chi connectivity index (χ0v) is 17.1. The van der Waals surface area contributed by atoms with Gasteiger partial charge in [0.25, 0.3) is 5.56 Å². The topological polar surface area (TPSA) is 84.0 Å². The Morgan fingerprint density at radius 3 is 2.77 bits per heavy atom. The number of nitrogens with zero attached hydrogens (tertiary/aromatic N) is 2. The highest BCUT2D eigenvalue weighted by Gasteiger charge is 2.19. The van der Waals surface area contributed by atoms with Gasteiger partial charge in [-0.3, -0.25) is 4.79 Å². The Labute approximate surface area is 176 Å². The first-order valence-corrected chi connectivity index (χ1v) is 9.95. The van der Waals surface area contributed by atoms with Crippen molar-refractivity contribution in [2.45, 2.75) is 20.4 Å². The van der Waals surface area contributed by atoms with Gasteiger partial charge in [-0.1, -0.05) is 22.8 Å². The van der Waals surface area contributed by atoms with Crippen molar-refractivity contribution in [3.63, 3.8) is 0 Å². The molecule has 0 aliphatic heterocycles. The number of rotatable bonds is 3. The predicted octanol–water partition coefficient (Wildman–Crippen LogP) is 5.49. The molecule has 0 aliphatic rings. The Hall–Kier alpha value is -3.51. The van der Waals surface area contributed by atoms with E-state index in [-0.39, 0.29) is 17.1 Å². The molecule has 0 aliphatic carbocycles. The number of nitrogens with one attached hydrogen (secondary N) is 1. The molecule has 30 heavy (non-hydrogen) atoms. The fourth-order valence-electron chi connectivity index (χ4n) is 3.87. The van der Waals surface area contributed by atoms with Gasteiger partial charge in [0.1, 0.15) is 11.3 Å². The number of fused-ring (bicyclic) bond motifs is 2. The highest BCUT2D eigenvalue weighted by atomic mass is 35.5. The SMILES string of the molecule is CCn1ccc2cc(-c3cc4c(O)c(-c5cc(C)no5)c(=O)[nH]c4cc3Cl)ccc21. The zero-order chi connectivity index (χ0) is 21.0. The van der Waals surface area contributed by atoms with E-state index in [0.29, 0.717) is 21.6 Å².